The Morgan fingerprint density at radius 1 is 0.564 bits per heavy atom. The van der Waals surface area contributed by atoms with Crippen molar-refractivity contribution in [2.45, 2.75) is 25.7 Å². The number of aromatic nitrogens is 3. The van der Waals surface area contributed by atoms with E-state index in [0.29, 0.717) is 0 Å². The first-order valence-electron chi connectivity index (χ1n) is 12.9. The van der Waals surface area contributed by atoms with E-state index in [-0.39, 0.29) is 0 Å². The maximum absolute atomic E-state index is 9.75. The zero-order valence-corrected chi connectivity index (χ0v) is 21.0. The van der Waals surface area contributed by atoms with Gasteiger partial charge in [0, 0.05) is 53.6 Å². The van der Waals surface area contributed by atoms with Gasteiger partial charge >= 0.3 is 7.25 Å². The number of halogens is 4. The monoisotopic (exact) mass is 525 g/mol. The molecule has 5 aromatic rings. The summed E-state index contributed by atoms with van der Waals surface area (Å²) in [5.41, 5.74) is 14.9. The lowest BCUT2D eigenvalue weighted by Crippen LogP contribution is -2.41. The van der Waals surface area contributed by atoms with Gasteiger partial charge in [0.25, 0.3) is 0 Å². The molecule has 0 N–H and O–H groups in total. The van der Waals surface area contributed by atoms with Crippen molar-refractivity contribution in [3.8, 4) is 39.3 Å². The van der Waals surface area contributed by atoms with E-state index in [9.17, 15) is 17.3 Å². The van der Waals surface area contributed by atoms with Gasteiger partial charge in [-0.1, -0.05) is 36.4 Å². The van der Waals surface area contributed by atoms with Gasteiger partial charge in [0.05, 0.1) is 11.1 Å². The van der Waals surface area contributed by atoms with E-state index >= 15 is 0 Å². The normalized spacial score (nSPS) is 13.2. The molecule has 0 aliphatic heterocycles. The predicted octanol–water partition coefficient (Wildman–Crippen LogP) is 7.25. The van der Waals surface area contributed by atoms with Gasteiger partial charge in [0.1, 0.15) is 0 Å². The summed E-state index contributed by atoms with van der Waals surface area (Å²) in [7, 11) is -6.00. The summed E-state index contributed by atoms with van der Waals surface area (Å²) in [6.07, 6.45) is 11.8. The van der Waals surface area contributed by atoms with Crippen molar-refractivity contribution in [2.24, 2.45) is 0 Å². The van der Waals surface area contributed by atoms with Crippen LogP contribution in [-0.2, 0) is 25.7 Å². The number of hydrogen-bond donors (Lipinski definition) is 0. The molecule has 0 unspecified atom stereocenters. The lowest BCUT2D eigenvalue weighted by Gasteiger charge is -2.28. The third-order valence-corrected chi connectivity index (χ3v) is 7.35. The van der Waals surface area contributed by atoms with Crippen LogP contribution in [0.3, 0.4) is 0 Å². The Kier molecular flexibility index (Phi) is 6.47. The summed E-state index contributed by atoms with van der Waals surface area (Å²) < 4.78 is 41.5. The molecule has 2 aliphatic rings. The molecular weight excluding hydrogens is 501 g/mol. The van der Waals surface area contributed by atoms with Crippen molar-refractivity contribution in [3.63, 3.8) is 0 Å². The Bertz CT molecular complexity index is 1570. The number of benzene rings is 2. The highest BCUT2D eigenvalue weighted by Gasteiger charge is 2.38. The average Bonchev–Trinajstić information content (AvgIpc) is 2.95. The predicted molar refractivity (Wildman–Crippen MR) is 145 cm³/mol. The smallest absolute Gasteiger partial charge is 0.418 e. The second-order valence-corrected chi connectivity index (χ2v) is 9.62. The first kappa shape index (κ1) is 25.0. The van der Waals surface area contributed by atoms with E-state index in [4.69, 9.17) is 0 Å². The minimum atomic E-state index is -6.00. The Labute approximate surface area is 223 Å². The summed E-state index contributed by atoms with van der Waals surface area (Å²) in [5.74, 6) is 0. The molecule has 0 spiro atoms. The molecule has 3 aromatic heterocycles. The highest BCUT2D eigenvalue weighted by atomic mass is 19.5. The summed E-state index contributed by atoms with van der Waals surface area (Å²) in [4.78, 5) is 8.65. The van der Waals surface area contributed by atoms with Gasteiger partial charge in [-0.2, -0.15) is 4.57 Å². The van der Waals surface area contributed by atoms with Crippen LogP contribution in [0.25, 0.3) is 39.3 Å². The second kappa shape index (κ2) is 10.1. The molecule has 0 bridgehead atoms. The molecule has 7 rings (SSSR count). The van der Waals surface area contributed by atoms with Crippen LogP contribution in [0.5, 0.6) is 0 Å². The standard InChI is InChI=1S/C31H24N3.BF4/c1-3-7-25-21(5-1)9-11-27-29(23-13-17-32-18-14-23)28-12-10-22-6-2-4-8-26(22)31(28)34(30(25)27)24-15-19-33-20-16-24;2-1(3,4)5/h1-8,13-20H,9-12H2;/q+1;-1. The van der Waals surface area contributed by atoms with Crippen LogP contribution in [0, 0.1) is 0 Å². The molecule has 0 atom stereocenters. The van der Waals surface area contributed by atoms with Gasteiger partial charge in [-0.15, -0.1) is 0 Å². The minimum absolute atomic E-state index is 1.03. The van der Waals surface area contributed by atoms with Gasteiger partial charge in [0.15, 0.2) is 0 Å². The summed E-state index contributed by atoms with van der Waals surface area (Å²) >= 11 is 0. The zero-order chi connectivity index (χ0) is 27.0. The summed E-state index contributed by atoms with van der Waals surface area (Å²) in [6.45, 7) is 0. The van der Waals surface area contributed by atoms with Gasteiger partial charge in [-0.05, 0) is 66.6 Å². The maximum atomic E-state index is 9.75. The fourth-order valence-electron chi connectivity index (χ4n) is 5.93. The number of rotatable bonds is 2. The molecule has 3 nitrogen and oxygen atoms in total. The van der Waals surface area contributed by atoms with Crippen molar-refractivity contribution in [1.82, 2.24) is 9.97 Å². The van der Waals surface area contributed by atoms with Gasteiger partial charge < -0.3 is 17.3 Å². The van der Waals surface area contributed by atoms with Crippen LogP contribution in [0.15, 0.2) is 97.6 Å². The van der Waals surface area contributed by atoms with Crippen LogP contribution < -0.4 is 4.57 Å². The molecule has 0 amide bonds. The fraction of sp³-hybridized carbons (Fsp3) is 0.129. The van der Waals surface area contributed by atoms with Crippen molar-refractivity contribution >= 4 is 7.25 Å². The van der Waals surface area contributed by atoms with Crippen LogP contribution >= 0.6 is 0 Å². The Morgan fingerprint density at radius 3 is 1.49 bits per heavy atom. The van der Waals surface area contributed by atoms with E-state index in [0.717, 1.165) is 31.4 Å². The zero-order valence-electron chi connectivity index (χ0n) is 21.0. The van der Waals surface area contributed by atoms with Gasteiger partial charge in [-0.25, -0.2) is 0 Å². The molecule has 3 heterocycles. The van der Waals surface area contributed by atoms with Crippen molar-refractivity contribution < 1.29 is 21.8 Å². The molecule has 39 heavy (non-hydrogen) atoms. The largest absolute Gasteiger partial charge is 0.673 e. The van der Waals surface area contributed by atoms with E-state index in [1.165, 1.54) is 55.9 Å². The number of nitrogens with zero attached hydrogens (tertiary/aromatic N) is 3. The third-order valence-electron chi connectivity index (χ3n) is 7.35. The van der Waals surface area contributed by atoms with Crippen molar-refractivity contribution in [2.75, 3.05) is 0 Å². The number of pyridine rings is 3. The van der Waals surface area contributed by atoms with Gasteiger partial charge in [-0.3, -0.25) is 9.97 Å². The van der Waals surface area contributed by atoms with Crippen molar-refractivity contribution in [1.29, 1.82) is 0 Å². The fourth-order valence-corrected chi connectivity index (χ4v) is 5.93. The Hall–Kier alpha value is -4.33. The number of fused-ring (bicyclic) bond motifs is 6. The van der Waals surface area contributed by atoms with Gasteiger partial charge in [0.2, 0.25) is 17.1 Å². The Balaban J connectivity index is 0.000000510. The molecule has 0 fully saturated rings. The quantitative estimate of drug-likeness (QED) is 0.138. The SMILES string of the molecule is F[B-](F)(F)F.c1ccc2c(c1)CCc1c(-c3ccncc3)c3c([n+](-c4ccncc4)c1-2)-c1ccccc1CC3. The number of aryl methyl sites for hydroxylation is 2. The molecule has 0 saturated heterocycles. The first-order valence-corrected chi connectivity index (χ1v) is 12.9. The molecular formula is C31H24BF4N3. The molecule has 2 aliphatic carbocycles. The molecule has 0 radical (unpaired) electrons. The first-order chi connectivity index (χ1) is 18.9. The van der Waals surface area contributed by atoms with Crippen LogP contribution in [0.2, 0.25) is 0 Å². The van der Waals surface area contributed by atoms with E-state index in [1.54, 1.807) is 0 Å². The molecule has 8 heteroatoms. The van der Waals surface area contributed by atoms with E-state index < -0.39 is 7.25 Å². The van der Waals surface area contributed by atoms with E-state index in [2.05, 4.69) is 87.3 Å². The number of hydrogen-bond acceptors (Lipinski definition) is 2. The van der Waals surface area contributed by atoms with Crippen molar-refractivity contribution in [3.05, 3.63) is 120 Å². The third kappa shape index (κ3) is 4.83. The average molecular weight is 525 g/mol. The lowest BCUT2D eigenvalue weighted by atomic mass is 9.77. The molecule has 2 aromatic carbocycles. The summed E-state index contributed by atoms with van der Waals surface area (Å²) in [6, 6.07) is 26.5. The topological polar surface area (TPSA) is 29.7 Å². The van der Waals surface area contributed by atoms with Crippen LogP contribution in [0.4, 0.5) is 17.3 Å². The van der Waals surface area contributed by atoms with Crippen LogP contribution in [0.1, 0.15) is 22.3 Å². The molecule has 0 saturated carbocycles. The molecule has 194 valence electrons. The highest BCUT2D eigenvalue weighted by Crippen LogP contribution is 2.45. The maximum Gasteiger partial charge on any atom is 0.673 e. The van der Waals surface area contributed by atoms with E-state index in [1.807, 2.05) is 24.8 Å². The highest BCUT2D eigenvalue weighted by molar-refractivity contribution is 6.50. The minimum Gasteiger partial charge on any atom is -0.418 e. The summed E-state index contributed by atoms with van der Waals surface area (Å²) in [5, 5.41) is 0. The second-order valence-electron chi connectivity index (χ2n) is 9.62. The van der Waals surface area contributed by atoms with Crippen LogP contribution in [-0.4, -0.2) is 17.2 Å². The lowest BCUT2D eigenvalue weighted by molar-refractivity contribution is -0.573. The Morgan fingerprint density at radius 2 is 1.00 bits per heavy atom.